The number of phenolic OH excluding ortho intramolecular Hbond substituents is 1. The van der Waals surface area contributed by atoms with E-state index < -0.39 is 0 Å². The predicted molar refractivity (Wildman–Crippen MR) is 127 cm³/mol. The Hall–Kier alpha value is -1.20. The summed E-state index contributed by atoms with van der Waals surface area (Å²) in [4.78, 5) is 0.909. The van der Waals surface area contributed by atoms with E-state index in [1.54, 1.807) is 11.8 Å². The van der Waals surface area contributed by atoms with Crippen LogP contribution in [0, 0.1) is 17.4 Å². The number of thioether (sulfide) groups is 1. The zero-order valence-electron chi connectivity index (χ0n) is 16.1. The summed E-state index contributed by atoms with van der Waals surface area (Å²) >= 11 is 3.99. The van der Waals surface area contributed by atoms with Crippen LogP contribution in [0.4, 0.5) is 0 Å². The van der Waals surface area contributed by atoms with Crippen molar-refractivity contribution in [1.29, 1.82) is 0 Å². The summed E-state index contributed by atoms with van der Waals surface area (Å²) in [7, 11) is 0. The third-order valence-corrected chi connectivity index (χ3v) is 7.27. The second kappa shape index (κ2) is 9.33. The first-order valence-corrected chi connectivity index (χ1v) is 11.5. The molecule has 0 spiro atoms. The van der Waals surface area contributed by atoms with Crippen LogP contribution < -0.4 is 0 Å². The van der Waals surface area contributed by atoms with Gasteiger partial charge in [-0.05, 0) is 120 Å². The monoisotopic (exact) mass is 490 g/mol. The van der Waals surface area contributed by atoms with Crippen molar-refractivity contribution < 1.29 is 5.11 Å². The Morgan fingerprint density at radius 2 is 1.78 bits per heavy atom. The lowest BCUT2D eigenvalue weighted by atomic mass is 9.99. The number of rotatable bonds is 5. The molecular formula is C24H27IOS. The molecule has 0 unspecified atom stereocenters. The Morgan fingerprint density at radius 3 is 2.52 bits per heavy atom. The van der Waals surface area contributed by atoms with E-state index in [9.17, 15) is 5.11 Å². The molecular weight excluding hydrogens is 463 g/mol. The molecule has 2 aromatic rings. The van der Waals surface area contributed by atoms with Gasteiger partial charge in [-0.2, -0.15) is 0 Å². The molecule has 2 aromatic carbocycles. The van der Waals surface area contributed by atoms with Crippen molar-refractivity contribution in [3.63, 3.8) is 0 Å². The zero-order valence-corrected chi connectivity index (χ0v) is 19.1. The van der Waals surface area contributed by atoms with E-state index in [4.69, 9.17) is 0 Å². The number of benzene rings is 2. The molecule has 1 nitrogen and oxygen atoms in total. The van der Waals surface area contributed by atoms with Gasteiger partial charge >= 0.3 is 0 Å². The second-order valence-corrected chi connectivity index (χ2v) is 9.51. The third-order valence-electron chi connectivity index (χ3n) is 5.27. The molecule has 1 aliphatic carbocycles. The smallest absolute Gasteiger partial charge is 0.124 e. The van der Waals surface area contributed by atoms with Gasteiger partial charge in [0.2, 0.25) is 0 Å². The second-order valence-electron chi connectivity index (χ2n) is 7.34. The van der Waals surface area contributed by atoms with Gasteiger partial charge in [0.25, 0.3) is 0 Å². The number of halogens is 1. The number of aromatic hydroxyl groups is 1. The highest BCUT2D eigenvalue weighted by Gasteiger charge is 2.13. The minimum absolute atomic E-state index is 0.366. The first-order chi connectivity index (χ1) is 13.0. The lowest BCUT2D eigenvalue weighted by molar-refractivity contribution is 0.473. The lowest BCUT2D eigenvalue weighted by Crippen LogP contribution is -1.93. The number of allylic oxidation sites excluding steroid dienone is 1. The van der Waals surface area contributed by atoms with E-state index in [-0.39, 0.29) is 0 Å². The molecule has 1 N–H and O–H groups in total. The van der Waals surface area contributed by atoms with Gasteiger partial charge in [0.1, 0.15) is 5.75 Å². The van der Waals surface area contributed by atoms with Crippen LogP contribution in [0.2, 0.25) is 0 Å². The van der Waals surface area contributed by atoms with Crippen molar-refractivity contribution >= 4 is 39.3 Å². The van der Waals surface area contributed by atoms with E-state index in [1.165, 1.54) is 50.6 Å². The molecule has 0 saturated carbocycles. The van der Waals surface area contributed by atoms with Gasteiger partial charge in [0.15, 0.2) is 0 Å². The van der Waals surface area contributed by atoms with Crippen LogP contribution >= 0.6 is 34.4 Å². The standard InChI is InChI=1S/C24H27IOS/c1-16-13-23(25)17(2)12-19(16)10-7-11-27-18(3)22-14-20-8-5-4-6-9-21(20)15-24(22)26/h7,11-15,26H,3-6,8-10H2,1-2H3/b11-7+. The maximum atomic E-state index is 10.5. The molecule has 0 amide bonds. The van der Waals surface area contributed by atoms with Gasteiger partial charge in [0.05, 0.1) is 0 Å². The summed E-state index contributed by atoms with van der Waals surface area (Å²) in [5, 5.41) is 12.6. The molecule has 142 valence electrons. The van der Waals surface area contributed by atoms with Crippen LogP contribution in [0.3, 0.4) is 0 Å². The average Bonchev–Trinajstić information content (AvgIpc) is 2.86. The van der Waals surface area contributed by atoms with Crippen molar-refractivity contribution in [2.75, 3.05) is 0 Å². The third kappa shape index (κ3) is 5.20. The minimum Gasteiger partial charge on any atom is -0.507 e. The molecule has 0 radical (unpaired) electrons. The van der Waals surface area contributed by atoms with Crippen LogP contribution in [0.15, 0.2) is 42.3 Å². The van der Waals surface area contributed by atoms with E-state index in [0.717, 1.165) is 29.7 Å². The molecule has 3 heteroatoms. The van der Waals surface area contributed by atoms with Crippen molar-refractivity contribution in [2.45, 2.75) is 52.4 Å². The summed E-state index contributed by atoms with van der Waals surface area (Å²) in [5.74, 6) is 0.366. The summed E-state index contributed by atoms with van der Waals surface area (Å²) in [5.41, 5.74) is 7.61. The SMILES string of the molecule is C=C(S/C=C/Cc1cc(C)c(I)cc1C)c1cc2c(cc1O)CCCCC2. The van der Waals surface area contributed by atoms with Crippen molar-refractivity contribution in [3.8, 4) is 5.75 Å². The molecule has 0 saturated heterocycles. The highest BCUT2D eigenvalue weighted by molar-refractivity contribution is 14.1. The molecule has 0 bridgehead atoms. The van der Waals surface area contributed by atoms with E-state index >= 15 is 0 Å². The largest absolute Gasteiger partial charge is 0.507 e. The van der Waals surface area contributed by atoms with Gasteiger partial charge in [0, 0.05) is 14.0 Å². The Morgan fingerprint density at radius 1 is 1.07 bits per heavy atom. The quantitative estimate of drug-likeness (QED) is 0.350. The summed E-state index contributed by atoms with van der Waals surface area (Å²) < 4.78 is 1.32. The van der Waals surface area contributed by atoms with E-state index in [1.807, 2.05) is 6.07 Å². The molecule has 0 aromatic heterocycles. The molecule has 0 fully saturated rings. The number of hydrogen-bond donors (Lipinski definition) is 1. The number of hydrogen-bond acceptors (Lipinski definition) is 2. The van der Waals surface area contributed by atoms with Gasteiger partial charge in [-0.15, -0.1) is 0 Å². The van der Waals surface area contributed by atoms with Gasteiger partial charge in [-0.1, -0.05) is 36.9 Å². The Kier molecular flexibility index (Phi) is 7.10. The Balaban J connectivity index is 1.66. The maximum Gasteiger partial charge on any atom is 0.124 e. The summed E-state index contributed by atoms with van der Waals surface area (Å²) in [6.07, 6.45) is 9.04. The van der Waals surface area contributed by atoms with Gasteiger partial charge in [-0.25, -0.2) is 0 Å². The van der Waals surface area contributed by atoms with Crippen LogP contribution in [-0.4, -0.2) is 5.11 Å². The fourth-order valence-corrected chi connectivity index (χ4v) is 4.87. The molecule has 27 heavy (non-hydrogen) atoms. The lowest BCUT2D eigenvalue weighted by Gasteiger charge is -2.12. The van der Waals surface area contributed by atoms with Gasteiger partial charge in [-0.3, -0.25) is 0 Å². The Bertz CT molecular complexity index is 882. The molecule has 0 heterocycles. The average molecular weight is 490 g/mol. The van der Waals surface area contributed by atoms with Crippen LogP contribution in [-0.2, 0) is 19.3 Å². The molecule has 3 rings (SSSR count). The number of phenols is 1. The topological polar surface area (TPSA) is 20.2 Å². The predicted octanol–water partition coefficient (Wildman–Crippen LogP) is 7.34. The summed E-state index contributed by atoms with van der Waals surface area (Å²) in [6, 6.07) is 8.65. The highest BCUT2D eigenvalue weighted by atomic mass is 127. The fourth-order valence-electron chi connectivity index (χ4n) is 3.60. The first-order valence-electron chi connectivity index (χ1n) is 9.57. The van der Waals surface area contributed by atoms with Crippen molar-refractivity contribution in [3.05, 3.63) is 79.3 Å². The number of aryl methyl sites for hydroxylation is 4. The van der Waals surface area contributed by atoms with Crippen molar-refractivity contribution in [2.24, 2.45) is 0 Å². The van der Waals surface area contributed by atoms with E-state index in [0.29, 0.717) is 5.75 Å². The van der Waals surface area contributed by atoms with Crippen LogP contribution in [0.1, 0.15) is 52.6 Å². The Labute approximate surface area is 181 Å². The fraction of sp³-hybridized carbons (Fsp3) is 0.333. The maximum absolute atomic E-state index is 10.5. The highest BCUT2D eigenvalue weighted by Crippen LogP contribution is 2.36. The zero-order chi connectivity index (χ0) is 19.4. The van der Waals surface area contributed by atoms with Gasteiger partial charge < -0.3 is 5.11 Å². The molecule has 0 aliphatic heterocycles. The van der Waals surface area contributed by atoms with Crippen molar-refractivity contribution in [1.82, 2.24) is 0 Å². The molecule has 0 atom stereocenters. The van der Waals surface area contributed by atoms with Crippen LogP contribution in [0.25, 0.3) is 4.91 Å². The van der Waals surface area contributed by atoms with Crippen LogP contribution in [0.5, 0.6) is 5.75 Å². The number of fused-ring (bicyclic) bond motifs is 1. The van der Waals surface area contributed by atoms with E-state index in [2.05, 4.69) is 72.7 Å². The molecule has 1 aliphatic rings. The summed E-state index contributed by atoms with van der Waals surface area (Å²) in [6.45, 7) is 8.53. The minimum atomic E-state index is 0.366. The first kappa shape index (κ1) is 20.5. The normalized spacial score (nSPS) is 14.2.